The van der Waals surface area contributed by atoms with Crippen molar-refractivity contribution in [3.8, 4) is 17.2 Å². The molecule has 0 unspecified atom stereocenters. The molecule has 134 valence electrons. The first-order valence-corrected chi connectivity index (χ1v) is 8.27. The Labute approximate surface area is 152 Å². The molecule has 1 amide bonds. The zero-order valence-electron chi connectivity index (χ0n) is 14.7. The van der Waals surface area contributed by atoms with Crippen LogP contribution in [0.4, 0.5) is 0 Å². The zero-order valence-corrected chi connectivity index (χ0v) is 15.5. The van der Waals surface area contributed by atoms with Crippen LogP contribution in [0.2, 0.25) is 5.02 Å². The van der Waals surface area contributed by atoms with Gasteiger partial charge in [-0.25, -0.2) is 0 Å². The summed E-state index contributed by atoms with van der Waals surface area (Å²) in [6, 6.07) is 12.2. The number of hydrogen-bond acceptors (Lipinski definition) is 4. The summed E-state index contributed by atoms with van der Waals surface area (Å²) in [4.78, 5) is 12.4. The second-order valence-electron chi connectivity index (χ2n) is 5.53. The second-order valence-corrected chi connectivity index (χ2v) is 5.94. The fourth-order valence-corrected chi connectivity index (χ4v) is 2.55. The van der Waals surface area contributed by atoms with E-state index < -0.39 is 6.10 Å². The highest BCUT2D eigenvalue weighted by Gasteiger charge is 2.20. The predicted molar refractivity (Wildman–Crippen MR) is 97.6 cm³/mol. The standard InChI is InChI=1S/C19H22ClNO4/c1-12(15-11-14(23-3)9-10-17(15)24-4)21-19(22)13(2)25-18-8-6-5-7-16(18)20/h5-13H,1-4H3,(H,21,22)/t12-,13+/m0/s1. The van der Waals surface area contributed by atoms with Crippen LogP contribution in [0.5, 0.6) is 17.2 Å². The third kappa shape index (κ3) is 4.79. The molecule has 2 atom stereocenters. The van der Waals surface area contributed by atoms with Gasteiger partial charge in [-0.15, -0.1) is 0 Å². The maximum Gasteiger partial charge on any atom is 0.261 e. The molecule has 0 aliphatic rings. The van der Waals surface area contributed by atoms with Gasteiger partial charge in [0.05, 0.1) is 25.3 Å². The minimum absolute atomic E-state index is 0.253. The summed E-state index contributed by atoms with van der Waals surface area (Å²) in [5.41, 5.74) is 0.820. The van der Waals surface area contributed by atoms with E-state index in [0.717, 1.165) is 5.56 Å². The van der Waals surface area contributed by atoms with Crippen LogP contribution in [0.3, 0.4) is 0 Å². The molecule has 0 fully saturated rings. The second kappa shape index (κ2) is 8.62. The molecule has 0 saturated carbocycles. The van der Waals surface area contributed by atoms with E-state index in [2.05, 4.69) is 5.32 Å². The first kappa shape index (κ1) is 18.9. The number of carbonyl (C=O) groups is 1. The van der Waals surface area contributed by atoms with Crippen LogP contribution >= 0.6 is 11.6 Å². The van der Waals surface area contributed by atoms with Crippen LogP contribution in [-0.4, -0.2) is 26.2 Å². The lowest BCUT2D eigenvalue weighted by Gasteiger charge is -2.21. The van der Waals surface area contributed by atoms with Gasteiger partial charge >= 0.3 is 0 Å². The van der Waals surface area contributed by atoms with Gasteiger partial charge < -0.3 is 19.5 Å². The molecule has 5 nitrogen and oxygen atoms in total. The van der Waals surface area contributed by atoms with E-state index in [0.29, 0.717) is 22.3 Å². The van der Waals surface area contributed by atoms with Gasteiger partial charge in [-0.3, -0.25) is 4.79 Å². The zero-order chi connectivity index (χ0) is 18.4. The summed E-state index contributed by atoms with van der Waals surface area (Å²) in [7, 11) is 3.18. The number of ether oxygens (including phenoxy) is 3. The molecular formula is C19H22ClNO4. The number of nitrogens with one attached hydrogen (secondary N) is 1. The van der Waals surface area contributed by atoms with Gasteiger partial charge in [-0.05, 0) is 44.2 Å². The van der Waals surface area contributed by atoms with E-state index in [4.69, 9.17) is 25.8 Å². The molecule has 2 aromatic rings. The van der Waals surface area contributed by atoms with Gasteiger partial charge in [0.2, 0.25) is 0 Å². The molecule has 0 heterocycles. The van der Waals surface area contributed by atoms with Gasteiger partial charge in [-0.1, -0.05) is 23.7 Å². The molecule has 2 aromatic carbocycles. The molecule has 25 heavy (non-hydrogen) atoms. The Bertz CT molecular complexity index is 735. The Morgan fingerprint density at radius 3 is 2.40 bits per heavy atom. The molecule has 2 rings (SSSR count). The normalized spacial score (nSPS) is 12.8. The highest BCUT2D eigenvalue weighted by molar-refractivity contribution is 6.32. The molecule has 0 aromatic heterocycles. The summed E-state index contributed by atoms with van der Waals surface area (Å²) < 4.78 is 16.3. The van der Waals surface area contributed by atoms with E-state index >= 15 is 0 Å². The Morgan fingerprint density at radius 1 is 1.04 bits per heavy atom. The maximum atomic E-state index is 12.4. The average molecular weight is 364 g/mol. The van der Waals surface area contributed by atoms with Crippen LogP contribution in [0, 0.1) is 0 Å². The Balaban J connectivity index is 2.08. The number of amides is 1. The lowest BCUT2D eigenvalue weighted by atomic mass is 10.1. The summed E-state index contributed by atoms with van der Waals surface area (Å²) in [5, 5.41) is 3.38. The quantitative estimate of drug-likeness (QED) is 0.807. The van der Waals surface area contributed by atoms with E-state index in [1.165, 1.54) is 0 Å². The number of rotatable bonds is 7. The van der Waals surface area contributed by atoms with Crippen molar-refractivity contribution < 1.29 is 19.0 Å². The molecule has 0 radical (unpaired) electrons. The van der Waals surface area contributed by atoms with Crippen LogP contribution in [-0.2, 0) is 4.79 Å². The maximum absolute atomic E-state index is 12.4. The van der Waals surface area contributed by atoms with Crippen molar-refractivity contribution in [2.75, 3.05) is 14.2 Å². The van der Waals surface area contributed by atoms with Crippen LogP contribution < -0.4 is 19.5 Å². The van der Waals surface area contributed by atoms with Crippen molar-refractivity contribution in [3.63, 3.8) is 0 Å². The number of benzene rings is 2. The fraction of sp³-hybridized carbons (Fsp3) is 0.316. The molecular weight excluding hydrogens is 342 g/mol. The first-order chi connectivity index (χ1) is 12.0. The minimum Gasteiger partial charge on any atom is -0.497 e. The van der Waals surface area contributed by atoms with E-state index in [1.807, 2.05) is 13.0 Å². The molecule has 0 aliphatic carbocycles. The number of hydrogen-bond donors (Lipinski definition) is 1. The summed E-state index contributed by atoms with van der Waals surface area (Å²) in [6.45, 7) is 3.55. The van der Waals surface area contributed by atoms with Crippen molar-refractivity contribution in [3.05, 3.63) is 53.1 Å². The Hall–Kier alpha value is -2.40. The van der Waals surface area contributed by atoms with Crippen molar-refractivity contribution in [1.29, 1.82) is 0 Å². The van der Waals surface area contributed by atoms with E-state index in [9.17, 15) is 4.79 Å². The van der Waals surface area contributed by atoms with Crippen LogP contribution in [0.15, 0.2) is 42.5 Å². The molecule has 0 aliphatic heterocycles. The third-order valence-corrected chi connectivity index (χ3v) is 4.08. The topological polar surface area (TPSA) is 56.8 Å². The van der Waals surface area contributed by atoms with Crippen LogP contribution in [0.25, 0.3) is 0 Å². The molecule has 0 spiro atoms. The average Bonchev–Trinajstić information content (AvgIpc) is 2.62. The first-order valence-electron chi connectivity index (χ1n) is 7.89. The Kier molecular flexibility index (Phi) is 6.53. The van der Waals surface area contributed by atoms with Gasteiger partial charge in [0.25, 0.3) is 5.91 Å². The monoisotopic (exact) mass is 363 g/mol. The molecule has 0 saturated heterocycles. The largest absolute Gasteiger partial charge is 0.497 e. The number of para-hydroxylation sites is 1. The van der Waals surface area contributed by atoms with Crippen molar-refractivity contribution in [2.45, 2.75) is 26.0 Å². The van der Waals surface area contributed by atoms with Crippen molar-refractivity contribution in [1.82, 2.24) is 5.32 Å². The minimum atomic E-state index is -0.695. The molecule has 6 heteroatoms. The lowest BCUT2D eigenvalue weighted by molar-refractivity contribution is -0.127. The third-order valence-electron chi connectivity index (χ3n) is 3.77. The van der Waals surface area contributed by atoms with Gasteiger partial charge in [0, 0.05) is 5.56 Å². The summed E-state index contributed by atoms with van der Waals surface area (Å²) in [5.74, 6) is 1.58. The number of methoxy groups -OCH3 is 2. The smallest absolute Gasteiger partial charge is 0.261 e. The van der Waals surface area contributed by atoms with Crippen LogP contribution in [0.1, 0.15) is 25.5 Å². The number of halogens is 1. The van der Waals surface area contributed by atoms with Gasteiger partial charge in [0.15, 0.2) is 6.10 Å². The molecule has 1 N–H and O–H groups in total. The highest BCUT2D eigenvalue weighted by Crippen LogP contribution is 2.29. The van der Waals surface area contributed by atoms with E-state index in [-0.39, 0.29) is 11.9 Å². The summed E-state index contributed by atoms with van der Waals surface area (Å²) in [6.07, 6.45) is -0.695. The summed E-state index contributed by atoms with van der Waals surface area (Å²) >= 11 is 6.06. The molecule has 0 bridgehead atoms. The Morgan fingerprint density at radius 2 is 1.76 bits per heavy atom. The van der Waals surface area contributed by atoms with Crippen molar-refractivity contribution >= 4 is 17.5 Å². The lowest BCUT2D eigenvalue weighted by Crippen LogP contribution is -2.37. The van der Waals surface area contributed by atoms with Gasteiger partial charge in [0.1, 0.15) is 17.2 Å². The fourth-order valence-electron chi connectivity index (χ4n) is 2.37. The van der Waals surface area contributed by atoms with Crippen molar-refractivity contribution in [2.24, 2.45) is 0 Å². The highest BCUT2D eigenvalue weighted by atomic mass is 35.5. The number of carbonyl (C=O) groups excluding carboxylic acids is 1. The van der Waals surface area contributed by atoms with E-state index in [1.54, 1.807) is 57.5 Å². The SMILES string of the molecule is COc1ccc(OC)c([C@H](C)NC(=O)[C@@H](C)Oc2ccccc2Cl)c1. The predicted octanol–water partition coefficient (Wildman–Crippen LogP) is 4.00. The van der Waals surface area contributed by atoms with Gasteiger partial charge in [-0.2, -0.15) is 0 Å².